The molecule has 0 unspecified atom stereocenters. The molecule has 2 aromatic rings. The number of methoxy groups -OCH3 is 1. The number of rotatable bonds is 5. The van der Waals surface area contributed by atoms with Crippen molar-refractivity contribution in [3.63, 3.8) is 0 Å². The van der Waals surface area contributed by atoms with Crippen LogP contribution in [-0.2, 0) is 4.74 Å². The molecule has 4 rings (SSSR count). The number of aromatic nitrogens is 3. The van der Waals surface area contributed by atoms with E-state index in [1.165, 1.54) is 25.9 Å². The van der Waals surface area contributed by atoms with Crippen molar-refractivity contribution in [2.75, 3.05) is 45.3 Å². The zero-order chi connectivity index (χ0) is 15.8. The lowest BCUT2D eigenvalue weighted by molar-refractivity contribution is 0.156. The van der Waals surface area contributed by atoms with E-state index in [9.17, 15) is 0 Å². The summed E-state index contributed by atoms with van der Waals surface area (Å²) in [5, 5.41) is 1.12. The topological polar surface area (TPSA) is 57.3 Å². The molecule has 2 aromatic heterocycles. The number of nitrogens with one attached hydrogen (secondary N) is 1. The minimum absolute atomic E-state index is 0.586. The molecule has 0 radical (unpaired) electrons. The third-order valence-electron chi connectivity index (χ3n) is 5.63. The van der Waals surface area contributed by atoms with E-state index in [2.05, 4.69) is 37.9 Å². The average molecular weight is 315 g/mol. The van der Waals surface area contributed by atoms with Gasteiger partial charge in [0.2, 0.25) is 0 Å². The van der Waals surface area contributed by atoms with Gasteiger partial charge in [-0.05, 0) is 30.7 Å². The number of nitrogens with zero attached hydrogens (tertiary/aromatic N) is 4. The third kappa shape index (κ3) is 2.70. The highest BCUT2D eigenvalue weighted by Crippen LogP contribution is 2.41. The molecular formula is C17H25N5O. The molecule has 2 fully saturated rings. The van der Waals surface area contributed by atoms with Crippen molar-refractivity contribution in [2.45, 2.75) is 18.9 Å². The molecule has 1 N–H and O–H groups in total. The summed E-state index contributed by atoms with van der Waals surface area (Å²) in [7, 11) is 3.97. The molecule has 1 saturated carbocycles. The Balaban J connectivity index is 1.44. The van der Waals surface area contributed by atoms with Crippen LogP contribution in [0.5, 0.6) is 0 Å². The van der Waals surface area contributed by atoms with Crippen LogP contribution >= 0.6 is 0 Å². The second-order valence-corrected chi connectivity index (χ2v) is 6.95. The predicted molar refractivity (Wildman–Crippen MR) is 90.6 cm³/mol. The number of likely N-dealkylation sites (tertiary alicyclic amines) is 1. The quantitative estimate of drug-likeness (QED) is 0.911. The molecule has 0 bridgehead atoms. The monoisotopic (exact) mass is 315 g/mol. The smallest absolute Gasteiger partial charge is 0.142 e. The van der Waals surface area contributed by atoms with Crippen LogP contribution in [0.1, 0.15) is 12.8 Å². The average Bonchev–Trinajstić information content (AvgIpc) is 3.25. The highest BCUT2D eigenvalue weighted by Gasteiger charge is 2.42. The van der Waals surface area contributed by atoms with Gasteiger partial charge in [-0.25, -0.2) is 9.97 Å². The maximum atomic E-state index is 5.21. The van der Waals surface area contributed by atoms with Crippen molar-refractivity contribution in [1.82, 2.24) is 19.9 Å². The number of hydrogen-bond donors (Lipinski definition) is 1. The lowest BCUT2D eigenvalue weighted by Crippen LogP contribution is -2.33. The number of H-pyrrole nitrogens is 1. The summed E-state index contributed by atoms with van der Waals surface area (Å²) >= 11 is 0. The summed E-state index contributed by atoms with van der Waals surface area (Å²) < 4.78 is 5.21. The standard InChI is InChI=1S/C17H25N5O/c1-21(17-15-3-4-18-16(15)19-11-20-17)14-7-12-9-22(5-6-23-2)10-13(12)8-14/h3-4,11-14H,5-10H2,1-2H3,(H,18,19,20)/t12-,13+,14+. The van der Waals surface area contributed by atoms with Gasteiger partial charge in [0.1, 0.15) is 17.8 Å². The van der Waals surface area contributed by atoms with Crippen LogP contribution in [-0.4, -0.2) is 66.3 Å². The summed E-state index contributed by atoms with van der Waals surface area (Å²) in [6, 6.07) is 2.66. The maximum absolute atomic E-state index is 5.21. The van der Waals surface area contributed by atoms with Gasteiger partial charge in [0.15, 0.2) is 0 Å². The van der Waals surface area contributed by atoms with Gasteiger partial charge in [0.25, 0.3) is 0 Å². The van der Waals surface area contributed by atoms with Gasteiger partial charge in [0.05, 0.1) is 12.0 Å². The summed E-state index contributed by atoms with van der Waals surface area (Å²) in [6.07, 6.45) is 6.13. The Bertz CT molecular complexity index is 658. The van der Waals surface area contributed by atoms with Crippen molar-refractivity contribution >= 4 is 16.9 Å². The van der Waals surface area contributed by atoms with Crippen molar-refractivity contribution in [3.8, 4) is 0 Å². The SMILES string of the molecule is COCCN1C[C@H]2C[C@H](N(C)c3ncnc4[nH]ccc34)C[C@H]2C1. The van der Waals surface area contributed by atoms with E-state index in [1.54, 1.807) is 13.4 Å². The number of ether oxygens (including phenoxy) is 1. The Hall–Kier alpha value is -1.66. The van der Waals surface area contributed by atoms with E-state index in [0.717, 1.165) is 41.8 Å². The van der Waals surface area contributed by atoms with Crippen molar-refractivity contribution < 1.29 is 4.74 Å². The summed E-state index contributed by atoms with van der Waals surface area (Å²) in [5.41, 5.74) is 0.922. The molecule has 3 heterocycles. The van der Waals surface area contributed by atoms with E-state index in [4.69, 9.17) is 4.74 Å². The maximum Gasteiger partial charge on any atom is 0.142 e. The molecule has 6 nitrogen and oxygen atoms in total. The fraction of sp³-hybridized carbons (Fsp3) is 0.647. The van der Waals surface area contributed by atoms with E-state index in [-0.39, 0.29) is 0 Å². The van der Waals surface area contributed by atoms with Gasteiger partial charge in [-0.2, -0.15) is 0 Å². The zero-order valence-corrected chi connectivity index (χ0v) is 13.9. The van der Waals surface area contributed by atoms with Gasteiger partial charge in [-0.15, -0.1) is 0 Å². The lowest BCUT2D eigenvalue weighted by atomic mass is 10.0. The van der Waals surface area contributed by atoms with Gasteiger partial charge in [-0.1, -0.05) is 0 Å². The van der Waals surface area contributed by atoms with Crippen LogP contribution in [0.15, 0.2) is 18.6 Å². The Morgan fingerprint density at radius 3 is 2.83 bits per heavy atom. The van der Waals surface area contributed by atoms with Crippen LogP contribution in [0.3, 0.4) is 0 Å². The van der Waals surface area contributed by atoms with Gasteiger partial charge < -0.3 is 19.5 Å². The molecule has 1 aliphatic carbocycles. The summed E-state index contributed by atoms with van der Waals surface area (Å²) in [4.78, 5) is 16.9. The highest BCUT2D eigenvalue weighted by atomic mass is 16.5. The minimum atomic E-state index is 0.586. The van der Waals surface area contributed by atoms with E-state index in [0.29, 0.717) is 6.04 Å². The van der Waals surface area contributed by atoms with E-state index < -0.39 is 0 Å². The zero-order valence-electron chi connectivity index (χ0n) is 13.9. The van der Waals surface area contributed by atoms with Crippen LogP contribution in [0, 0.1) is 11.8 Å². The van der Waals surface area contributed by atoms with Crippen LogP contribution in [0.4, 0.5) is 5.82 Å². The van der Waals surface area contributed by atoms with Crippen molar-refractivity contribution in [1.29, 1.82) is 0 Å². The van der Waals surface area contributed by atoms with E-state index in [1.807, 2.05) is 6.20 Å². The lowest BCUT2D eigenvalue weighted by Gasteiger charge is -2.27. The second kappa shape index (κ2) is 6.09. The third-order valence-corrected chi connectivity index (χ3v) is 5.63. The summed E-state index contributed by atoms with van der Waals surface area (Å²) in [6.45, 7) is 4.36. The molecule has 0 spiro atoms. The molecule has 124 valence electrons. The largest absolute Gasteiger partial charge is 0.383 e. The Labute approximate surface area is 136 Å². The number of anilines is 1. The van der Waals surface area contributed by atoms with Crippen molar-refractivity contribution in [2.24, 2.45) is 11.8 Å². The van der Waals surface area contributed by atoms with Crippen molar-refractivity contribution in [3.05, 3.63) is 18.6 Å². The molecule has 2 aliphatic rings. The number of aromatic amines is 1. The van der Waals surface area contributed by atoms with Gasteiger partial charge in [-0.3, -0.25) is 0 Å². The molecule has 1 aliphatic heterocycles. The molecule has 0 amide bonds. The van der Waals surface area contributed by atoms with Crippen LogP contribution in [0.25, 0.3) is 11.0 Å². The molecule has 6 heteroatoms. The fourth-order valence-corrected chi connectivity index (χ4v) is 4.40. The van der Waals surface area contributed by atoms with Gasteiger partial charge in [0, 0.05) is 46.0 Å². The predicted octanol–water partition coefficient (Wildman–Crippen LogP) is 1.75. The first-order valence-electron chi connectivity index (χ1n) is 8.48. The first-order chi connectivity index (χ1) is 11.3. The molecule has 23 heavy (non-hydrogen) atoms. The second-order valence-electron chi connectivity index (χ2n) is 6.95. The Kier molecular flexibility index (Phi) is 3.95. The molecular weight excluding hydrogens is 290 g/mol. The molecule has 0 aromatic carbocycles. The first kappa shape index (κ1) is 14.9. The Morgan fingerprint density at radius 1 is 1.30 bits per heavy atom. The van der Waals surface area contributed by atoms with Crippen LogP contribution < -0.4 is 4.90 Å². The number of hydrogen-bond acceptors (Lipinski definition) is 5. The van der Waals surface area contributed by atoms with E-state index >= 15 is 0 Å². The Morgan fingerprint density at radius 2 is 2.09 bits per heavy atom. The molecule has 1 saturated heterocycles. The number of fused-ring (bicyclic) bond motifs is 2. The highest BCUT2D eigenvalue weighted by molar-refractivity contribution is 5.87. The van der Waals surface area contributed by atoms with Gasteiger partial charge >= 0.3 is 0 Å². The van der Waals surface area contributed by atoms with Crippen LogP contribution in [0.2, 0.25) is 0 Å². The molecule has 3 atom stereocenters. The normalized spacial score (nSPS) is 27.7. The minimum Gasteiger partial charge on any atom is -0.383 e. The summed E-state index contributed by atoms with van der Waals surface area (Å²) in [5.74, 6) is 2.70. The first-order valence-corrected chi connectivity index (χ1v) is 8.48. The fourth-order valence-electron chi connectivity index (χ4n) is 4.40.